The van der Waals surface area contributed by atoms with Gasteiger partial charge >= 0.3 is 0 Å². The molecular formula is C20H25N3O2. The summed E-state index contributed by atoms with van der Waals surface area (Å²) in [5.41, 5.74) is 7.61. The first-order valence-corrected chi connectivity index (χ1v) is 8.65. The Labute approximate surface area is 149 Å². The first kappa shape index (κ1) is 17.5. The molecule has 3 atom stereocenters. The minimum Gasteiger partial charge on any atom is -0.492 e. The molecule has 2 N–H and O–H groups in total. The highest BCUT2D eigenvalue weighted by Gasteiger charge is 2.38. The normalized spacial score (nSPS) is 22.6. The Hall–Kier alpha value is -2.37. The van der Waals surface area contributed by atoms with Gasteiger partial charge in [-0.2, -0.15) is 0 Å². The first-order valence-electron chi connectivity index (χ1n) is 8.65. The largest absolute Gasteiger partial charge is 0.492 e. The van der Waals surface area contributed by atoms with Gasteiger partial charge in [0.05, 0.1) is 12.6 Å². The molecule has 2 aromatic carbocycles. The number of benzene rings is 2. The van der Waals surface area contributed by atoms with Gasteiger partial charge in [-0.1, -0.05) is 55.5 Å². The molecule has 1 aliphatic rings. The fraction of sp³-hybridized carbons (Fsp3) is 0.350. The monoisotopic (exact) mass is 339 g/mol. The molecule has 1 saturated heterocycles. The maximum absolute atomic E-state index is 12.7. The molecule has 1 amide bonds. The van der Waals surface area contributed by atoms with Crippen LogP contribution in [0.3, 0.4) is 0 Å². The van der Waals surface area contributed by atoms with E-state index in [0.29, 0.717) is 13.2 Å². The highest BCUT2D eigenvalue weighted by atomic mass is 16.5. The number of hydrogen-bond acceptors (Lipinski definition) is 4. The zero-order valence-electron chi connectivity index (χ0n) is 14.7. The summed E-state index contributed by atoms with van der Waals surface area (Å²) in [6.07, 6.45) is 0. The van der Waals surface area contributed by atoms with E-state index in [0.717, 1.165) is 5.75 Å². The van der Waals surface area contributed by atoms with E-state index in [1.807, 2.05) is 55.6 Å². The lowest BCUT2D eigenvalue weighted by Crippen LogP contribution is -2.47. The summed E-state index contributed by atoms with van der Waals surface area (Å²) in [6.45, 7) is 3.12. The summed E-state index contributed by atoms with van der Waals surface area (Å²) < 4.78 is 5.68. The van der Waals surface area contributed by atoms with Crippen LogP contribution in [0.5, 0.6) is 5.75 Å². The lowest BCUT2D eigenvalue weighted by atomic mass is 9.90. The maximum Gasteiger partial charge on any atom is 0.241 e. The van der Waals surface area contributed by atoms with E-state index in [4.69, 9.17) is 4.74 Å². The molecule has 0 bridgehead atoms. The molecule has 1 fully saturated rings. The van der Waals surface area contributed by atoms with Crippen molar-refractivity contribution in [1.82, 2.24) is 15.8 Å². The summed E-state index contributed by atoms with van der Waals surface area (Å²) in [5, 5.41) is 0. The van der Waals surface area contributed by atoms with Crippen LogP contribution in [0, 0.1) is 5.92 Å². The van der Waals surface area contributed by atoms with Crippen LogP contribution in [0.25, 0.3) is 0 Å². The maximum atomic E-state index is 12.7. The Bertz CT molecular complexity index is 678. The van der Waals surface area contributed by atoms with Crippen LogP contribution in [0.4, 0.5) is 0 Å². The van der Waals surface area contributed by atoms with Crippen molar-refractivity contribution in [2.45, 2.75) is 19.0 Å². The number of para-hydroxylation sites is 1. The number of likely N-dealkylation sites (N-methyl/N-ethyl adjacent to an activating group) is 1. The van der Waals surface area contributed by atoms with Crippen molar-refractivity contribution in [2.24, 2.45) is 5.92 Å². The second-order valence-corrected chi connectivity index (χ2v) is 6.44. The van der Waals surface area contributed by atoms with E-state index in [1.54, 1.807) is 4.90 Å². The van der Waals surface area contributed by atoms with Crippen LogP contribution in [0.15, 0.2) is 60.7 Å². The number of hydrogen-bond donors (Lipinski definition) is 2. The lowest BCUT2D eigenvalue weighted by Gasteiger charge is -2.24. The van der Waals surface area contributed by atoms with Crippen LogP contribution in [0.1, 0.15) is 18.5 Å². The number of ether oxygens (including phenoxy) is 1. The van der Waals surface area contributed by atoms with Gasteiger partial charge in [-0.3, -0.25) is 4.79 Å². The van der Waals surface area contributed by atoms with Crippen LogP contribution in [-0.2, 0) is 4.79 Å². The summed E-state index contributed by atoms with van der Waals surface area (Å²) >= 11 is 0. The molecule has 0 spiro atoms. The first-order chi connectivity index (χ1) is 12.2. The van der Waals surface area contributed by atoms with Gasteiger partial charge in [0.25, 0.3) is 0 Å². The van der Waals surface area contributed by atoms with E-state index in [9.17, 15) is 4.79 Å². The number of carbonyl (C=O) groups is 1. The van der Waals surface area contributed by atoms with E-state index in [1.165, 1.54) is 5.56 Å². The average molecular weight is 339 g/mol. The summed E-state index contributed by atoms with van der Waals surface area (Å²) in [4.78, 5) is 14.5. The minimum atomic E-state index is -0.244. The molecule has 5 nitrogen and oxygen atoms in total. The van der Waals surface area contributed by atoms with Crippen molar-refractivity contribution in [3.63, 3.8) is 0 Å². The molecular weight excluding hydrogens is 314 g/mol. The van der Waals surface area contributed by atoms with Gasteiger partial charge in [0.2, 0.25) is 5.91 Å². The smallest absolute Gasteiger partial charge is 0.241 e. The van der Waals surface area contributed by atoms with Gasteiger partial charge in [-0.05, 0) is 17.7 Å². The third-order valence-electron chi connectivity index (χ3n) is 4.69. The van der Waals surface area contributed by atoms with Gasteiger partial charge in [0, 0.05) is 13.0 Å². The van der Waals surface area contributed by atoms with Gasteiger partial charge < -0.3 is 9.64 Å². The zero-order valence-corrected chi connectivity index (χ0v) is 14.7. The Morgan fingerprint density at radius 1 is 1.04 bits per heavy atom. The molecule has 0 aliphatic carbocycles. The SMILES string of the molecule is CC1C(C(=O)N(C)CCOc2ccccc2)NNC1c1ccccc1. The Balaban J connectivity index is 1.52. The Kier molecular flexibility index (Phi) is 5.68. The second kappa shape index (κ2) is 8.14. The summed E-state index contributed by atoms with van der Waals surface area (Å²) in [7, 11) is 1.82. The topological polar surface area (TPSA) is 53.6 Å². The van der Waals surface area contributed by atoms with Crippen molar-refractivity contribution >= 4 is 5.91 Å². The van der Waals surface area contributed by atoms with Gasteiger partial charge in [-0.25, -0.2) is 10.9 Å². The standard InChI is InChI=1S/C20H25N3O2/c1-15-18(16-9-5-3-6-10-16)21-22-19(15)20(24)23(2)13-14-25-17-11-7-4-8-12-17/h3-12,15,18-19,21-22H,13-14H2,1-2H3. The van der Waals surface area contributed by atoms with E-state index in [-0.39, 0.29) is 23.9 Å². The number of nitrogens with one attached hydrogen (secondary N) is 2. The second-order valence-electron chi connectivity index (χ2n) is 6.44. The quantitative estimate of drug-likeness (QED) is 0.848. The van der Waals surface area contributed by atoms with Gasteiger partial charge in [0.1, 0.15) is 18.4 Å². The van der Waals surface area contributed by atoms with E-state index >= 15 is 0 Å². The molecule has 132 valence electrons. The number of carbonyl (C=O) groups excluding carboxylic acids is 1. The fourth-order valence-corrected chi connectivity index (χ4v) is 3.13. The van der Waals surface area contributed by atoms with Crippen LogP contribution in [-0.4, -0.2) is 37.0 Å². The molecule has 0 saturated carbocycles. The van der Waals surface area contributed by atoms with Crippen LogP contribution >= 0.6 is 0 Å². The number of amides is 1. The third kappa shape index (κ3) is 4.18. The average Bonchev–Trinajstić information content (AvgIpc) is 3.04. The zero-order chi connectivity index (χ0) is 17.6. The lowest BCUT2D eigenvalue weighted by molar-refractivity contribution is -0.133. The third-order valence-corrected chi connectivity index (χ3v) is 4.69. The molecule has 1 aliphatic heterocycles. The van der Waals surface area contributed by atoms with Crippen molar-refractivity contribution < 1.29 is 9.53 Å². The molecule has 0 aromatic heterocycles. The van der Waals surface area contributed by atoms with E-state index in [2.05, 4.69) is 29.9 Å². The number of hydrazine groups is 1. The van der Waals surface area contributed by atoms with E-state index < -0.39 is 0 Å². The minimum absolute atomic E-state index is 0.0788. The molecule has 0 radical (unpaired) electrons. The molecule has 2 aromatic rings. The predicted molar refractivity (Wildman–Crippen MR) is 98.0 cm³/mol. The van der Waals surface area contributed by atoms with Crippen LogP contribution < -0.4 is 15.6 Å². The van der Waals surface area contributed by atoms with Crippen LogP contribution in [0.2, 0.25) is 0 Å². The molecule has 25 heavy (non-hydrogen) atoms. The molecule has 1 heterocycles. The van der Waals surface area contributed by atoms with Gasteiger partial charge in [-0.15, -0.1) is 0 Å². The fourth-order valence-electron chi connectivity index (χ4n) is 3.13. The number of nitrogens with zero attached hydrogens (tertiary/aromatic N) is 1. The molecule has 5 heteroatoms. The van der Waals surface area contributed by atoms with Crippen molar-refractivity contribution in [3.8, 4) is 5.75 Å². The van der Waals surface area contributed by atoms with Crippen molar-refractivity contribution in [1.29, 1.82) is 0 Å². The predicted octanol–water partition coefficient (Wildman–Crippen LogP) is 2.38. The molecule has 3 unspecified atom stereocenters. The Morgan fingerprint density at radius 2 is 1.68 bits per heavy atom. The highest BCUT2D eigenvalue weighted by Crippen LogP contribution is 2.28. The van der Waals surface area contributed by atoms with Gasteiger partial charge in [0.15, 0.2) is 0 Å². The summed E-state index contributed by atoms with van der Waals surface area (Å²) in [5.74, 6) is 1.06. The van der Waals surface area contributed by atoms with Crippen molar-refractivity contribution in [2.75, 3.05) is 20.2 Å². The summed E-state index contributed by atoms with van der Waals surface area (Å²) in [6, 6.07) is 19.7. The highest BCUT2D eigenvalue weighted by molar-refractivity contribution is 5.82. The van der Waals surface area contributed by atoms with Crippen molar-refractivity contribution in [3.05, 3.63) is 66.2 Å². The Morgan fingerprint density at radius 3 is 2.36 bits per heavy atom. The molecule has 3 rings (SSSR count). The number of rotatable bonds is 6.